The molecule has 0 unspecified atom stereocenters. The van der Waals surface area contributed by atoms with Crippen molar-refractivity contribution in [3.8, 4) is 5.69 Å². The van der Waals surface area contributed by atoms with Crippen LogP contribution in [0.4, 0.5) is 10.2 Å². The van der Waals surface area contributed by atoms with E-state index in [1.165, 1.54) is 17.7 Å². The van der Waals surface area contributed by atoms with Gasteiger partial charge < -0.3 is 9.80 Å². The number of anilines is 1. The number of benzene rings is 2. The number of fused-ring (bicyclic) bond motifs is 1. The van der Waals surface area contributed by atoms with E-state index >= 15 is 0 Å². The molecule has 0 bridgehead atoms. The van der Waals surface area contributed by atoms with Gasteiger partial charge in [-0.2, -0.15) is 5.10 Å². The maximum atomic E-state index is 13.6. The SMILES string of the molecule is Cc1ccc(-n2ncc3c(N4CCCN(C(=O)c5cccc(F)c5)CC4)nc(C)nc32)c(C)c1. The maximum Gasteiger partial charge on any atom is 0.254 e. The number of amides is 1. The molecule has 34 heavy (non-hydrogen) atoms. The molecule has 3 heterocycles. The molecule has 0 N–H and O–H groups in total. The van der Waals surface area contributed by atoms with Crippen molar-refractivity contribution >= 4 is 22.8 Å². The lowest BCUT2D eigenvalue weighted by molar-refractivity contribution is 0.0766. The van der Waals surface area contributed by atoms with Crippen molar-refractivity contribution in [1.29, 1.82) is 0 Å². The third-order valence-corrected chi connectivity index (χ3v) is 6.25. The van der Waals surface area contributed by atoms with Crippen molar-refractivity contribution in [3.05, 3.63) is 77.0 Å². The van der Waals surface area contributed by atoms with E-state index in [1.54, 1.807) is 17.0 Å². The normalized spacial score (nSPS) is 14.5. The van der Waals surface area contributed by atoms with Gasteiger partial charge >= 0.3 is 0 Å². The number of hydrogen-bond acceptors (Lipinski definition) is 5. The number of aryl methyl sites for hydroxylation is 3. The molecule has 7 nitrogen and oxygen atoms in total. The Morgan fingerprint density at radius 3 is 2.62 bits per heavy atom. The van der Waals surface area contributed by atoms with Gasteiger partial charge in [0.2, 0.25) is 0 Å². The second-order valence-corrected chi connectivity index (χ2v) is 8.82. The monoisotopic (exact) mass is 458 g/mol. The standard InChI is InChI=1S/C26H27FN6O/c1-17-8-9-23(18(2)14-17)33-25-22(16-28-33)24(29-19(3)30-25)31-10-5-11-32(13-12-31)26(34)20-6-4-7-21(27)15-20/h4,6-9,14-16H,5,10-13H2,1-3H3. The number of nitrogens with zero attached hydrogens (tertiary/aromatic N) is 6. The fourth-order valence-corrected chi connectivity index (χ4v) is 4.60. The highest BCUT2D eigenvalue weighted by Crippen LogP contribution is 2.28. The van der Waals surface area contributed by atoms with Crippen molar-refractivity contribution in [1.82, 2.24) is 24.6 Å². The van der Waals surface area contributed by atoms with Crippen molar-refractivity contribution in [2.45, 2.75) is 27.2 Å². The Morgan fingerprint density at radius 2 is 1.82 bits per heavy atom. The molecule has 8 heteroatoms. The highest BCUT2D eigenvalue weighted by atomic mass is 19.1. The molecule has 1 saturated heterocycles. The minimum absolute atomic E-state index is 0.145. The summed E-state index contributed by atoms with van der Waals surface area (Å²) in [6.45, 7) is 8.56. The van der Waals surface area contributed by atoms with E-state index in [0.29, 0.717) is 31.0 Å². The summed E-state index contributed by atoms with van der Waals surface area (Å²) in [4.78, 5) is 26.4. The Balaban J connectivity index is 1.44. The zero-order chi connectivity index (χ0) is 23.8. The van der Waals surface area contributed by atoms with Crippen LogP contribution in [0.25, 0.3) is 16.7 Å². The highest BCUT2D eigenvalue weighted by molar-refractivity contribution is 5.94. The molecule has 0 spiro atoms. The zero-order valence-electron chi connectivity index (χ0n) is 19.6. The number of halogens is 1. The van der Waals surface area contributed by atoms with E-state index < -0.39 is 5.82 Å². The molecule has 2 aromatic carbocycles. The van der Waals surface area contributed by atoms with E-state index in [4.69, 9.17) is 9.97 Å². The maximum absolute atomic E-state index is 13.6. The summed E-state index contributed by atoms with van der Waals surface area (Å²) < 4.78 is 15.5. The van der Waals surface area contributed by atoms with E-state index in [-0.39, 0.29) is 5.91 Å². The first-order chi connectivity index (χ1) is 16.4. The van der Waals surface area contributed by atoms with Crippen LogP contribution in [0.2, 0.25) is 0 Å². The molecule has 0 saturated carbocycles. The minimum atomic E-state index is -0.401. The molecule has 1 aliphatic rings. The van der Waals surface area contributed by atoms with Crippen LogP contribution in [-0.2, 0) is 0 Å². The van der Waals surface area contributed by atoms with Crippen molar-refractivity contribution in [3.63, 3.8) is 0 Å². The quantitative estimate of drug-likeness (QED) is 0.460. The summed E-state index contributed by atoms with van der Waals surface area (Å²) in [5.41, 5.74) is 4.47. The predicted octanol–water partition coefficient (Wildman–Crippen LogP) is 4.23. The van der Waals surface area contributed by atoms with Crippen molar-refractivity contribution < 1.29 is 9.18 Å². The fraction of sp³-hybridized carbons (Fsp3) is 0.308. The first-order valence-electron chi connectivity index (χ1n) is 11.5. The molecule has 1 fully saturated rings. The van der Waals surface area contributed by atoms with Crippen LogP contribution in [0.1, 0.15) is 33.7 Å². The van der Waals surface area contributed by atoms with Crippen LogP contribution < -0.4 is 4.90 Å². The molecule has 0 atom stereocenters. The summed E-state index contributed by atoms with van der Waals surface area (Å²) in [5, 5.41) is 5.54. The summed E-state index contributed by atoms with van der Waals surface area (Å²) >= 11 is 0. The van der Waals surface area contributed by atoms with Gasteiger partial charge in [0.05, 0.1) is 17.3 Å². The zero-order valence-corrected chi connectivity index (χ0v) is 19.6. The average molecular weight is 459 g/mol. The molecule has 174 valence electrons. The molecule has 0 radical (unpaired) electrons. The van der Waals surface area contributed by atoms with Crippen LogP contribution in [-0.4, -0.2) is 56.7 Å². The second kappa shape index (κ2) is 8.85. The van der Waals surface area contributed by atoms with Gasteiger partial charge in [0.15, 0.2) is 5.65 Å². The third-order valence-electron chi connectivity index (χ3n) is 6.25. The van der Waals surface area contributed by atoms with Gasteiger partial charge in [-0.1, -0.05) is 23.8 Å². The molecule has 5 rings (SSSR count). The highest BCUT2D eigenvalue weighted by Gasteiger charge is 2.24. The number of carbonyl (C=O) groups excluding carboxylic acids is 1. The largest absolute Gasteiger partial charge is 0.354 e. The predicted molar refractivity (Wildman–Crippen MR) is 130 cm³/mol. The number of aromatic nitrogens is 4. The Hall–Kier alpha value is -3.81. The molecule has 0 aliphatic carbocycles. The van der Waals surface area contributed by atoms with Gasteiger partial charge in [-0.15, -0.1) is 0 Å². The van der Waals surface area contributed by atoms with Gasteiger partial charge in [0, 0.05) is 31.7 Å². The molecule has 4 aromatic rings. The number of rotatable bonds is 3. The van der Waals surface area contributed by atoms with E-state index in [2.05, 4.69) is 42.0 Å². The molecule has 1 amide bonds. The van der Waals surface area contributed by atoms with Crippen LogP contribution in [0.5, 0.6) is 0 Å². The Morgan fingerprint density at radius 1 is 0.971 bits per heavy atom. The smallest absolute Gasteiger partial charge is 0.254 e. The van der Waals surface area contributed by atoms with Gasteiger partial charge in [-0.05, 0) is 57.0 Å². The lowest BCUT2D eigenvalue weighted by Crippen LogP contribution is -2.35. The average Bonchev–Trinajstić information content (AvgIpc) is 3.06. The summed E-state index contributed by atoms with van der Waals surface area (Å²) in [5.74, 6) is 0.958. The lowest BCUT2D eigenvalue weighted by Gasteiger charge is -2.23. The Bertz CT molecular complexity index is 1380. The lowest BCUT2D eigenvalue weighted by atomic mass is 10.1. The van der Waals surface area contributed by atoms with Gasteiger partial charge in [0.1, 0.15) is 17.5 Å². The van der Waals surface area contributed by atoms with Crippen molar-refractivity contribution in [2.75, 3.05) is 31.1 Å². The number of hydrogen-bond donors (Lipinski definition) is 0. The molecular formula is C26H27FN6O. The Kier molecular flexibility index (Phi) is 5.73. The van der Waals surface area contributed by atoms with Crippen LogP contribution in [0.15, 0.2) is 48.7 Å². The topological polar surface area (TPSA) is 67.2 Å². The molecule has 2 aromatic heterocycles. The van der Waals surface area contributed by atoms with Crippen LogP contribution in [0.3, 0.4) is 0 Å². The van der Waals surface area contributed by atoms with Gasteiger partial charge in [0.25, 0.3) is 5.91 Å². The summed E-state index contributed by atoms with van der Waals surface area (Å²) in [6, 6.07) is 12.1. The van der Waals surface area contributed by atoms with Crippen LogP contribution >= 0.6 is 0 Å². The van der Waals surface area contributed by atoms with Crippen LogP contribution in [0, 0.1) is 26.6 Å². The van der Waals surface area contributed by atoms with Gasteiger partial charge in [-0.25, -0.2) is 19.0 Å². The van der Waals surface area contributed by atoms with Crippen molar-refractivity contribution in [2.24, 2.45) is 0 Å². The van der Waals surface area contributed by atoms with Gasteiger partial charge in [-0.3, -0.25) is 4.79 Å². The Labute approximate surface area is 197 Å². The molecular weight excluding hydrogens is 431 g/mol. The van der Waals surface area contributed by atoms with E-state index in [0.717, 1.165) is 41.1 Å². The molecule has 1 aliphatic heterocycles. The fourth-order valence-electron chi connectivity index (χ4n) is 4.60. The third kappa shape index (κ3) is 4.11. The number of carbonyl (C=O) groups is 1. The first-order valence-corrected chi connectivity index (χ1v) is 11.5. The van der Waals surface area contributed by atoms with E-state index in [9.17, 15) is 9.18 Å². The second-order valence-electron chi connectivity index (χ2n) is 8.82. The summed E-state index contributed by atoms with van der Waals surface area (Å²) in [7, 11) is 0. The summed E-state index contributed by atoms with van der Waals surface area (Å²) in [6.07, 6.45) is 2.61. The minimum Gasteiger partial charge on any atom is -0.354 e. The van der Waals surface area contributed by atoms with E-state index in [1.807, 2.05) is 17.8 Å². The first kappa shape index (κ1) is 22.0.